The van der Waals surface area contributed by atoms with Gasteiger partial charge in [0.25, 0.3) is 0 Å². The van der Waals surface area contributed by atoms with E-state index in [4.69, 9.17) is 6.42 Å². The molecular formula is C10H11NS2. The van der Waals surface area contributed by atoms with Crippen molar-refractivity contribution >= 4 is 30.9 Å². The summed E-state index contributed by atoms with van der Waals surface area (Å²) in [6.45, 7) is 0. The molecule has 0 aliphatic heterocycles. The highest BCUT2D eigenvalue weighted by Gasteiger charge is 2.00. The van der Waals surface area contributed by atoms with Gasteiger partial charge in [-0.3, -0.25) is 0 Å². The van der Waals surface area contributed by atoms with Gasteiger partial charge in [0.2, 0.25) is 0 Å². The first-order chi connectivity index (χ1) is 6.31. The van der Waals surface area contributed by atoms with Crippen LogP contribution in [0.3, 0.4) is 0 Å². The molecule has 0 aromatic heterocycles. The smallest absolute Gasteiger partial charge is 0.0618 e. The van der Waals surface area contributed by atoms with E-state index in [1.807, 2.05) is 29.2 Å². The van der Waals surface area contributed by atoms with Gasteiger partial charge in [0.1, 0.15) is 0 Å². The quantitative estimate of drug-likeness (QED) is 0.439. The van der Waals surface area contributed by atoms with Gasteiger partial charge >= 0.3 is 0 Å². The lowest BCUT2D eigenvalue weighted by atomic mass is 10.2. The molecule has 0 radical (unpaired) electrons. The summed E-state index contributed by atoms with van der Waals surface area (Å²) in [5, 5.41) is 0. The lowest BCUT2D eigenvalue weighted by Gasteiger charge is -2.19. The SMILES string of the molecule is C#Cc1ccc(N(CS)CS)cc1. The number of rotatable bonds is 3. The van der Waals surface area contributed by atoms with E-state index in [1.54, 1.807) is 0 Å². The minimum absolute atomic E-state index is 0.652. The number of hydrogen-bond acceptors (Lipinski definition) is 3. The molecule has 1 nitrogen and oxygen atoms in total. The van der Waals surface area contributed by atoms with Crippen LogP contribution in [0, 0.1) is 12.3 Å². The van der Waals surface area contributed by atoms with Gasteiger partial charge in [-0.15, -0.1) is 6.42 Å². The second-order valence-corrected chi connectivity index (χ2v) is 3.08. The summed E-state index contributed by atoms with van der Waals surface area (Å²) in [6, 6.07) is 7.77. The van der Waals surface area contributed by atoms with Gasteiger partial charge in [0.05, 0.1) is 11.8 Å². The van der Waals surface area contributed by atoms with Crippen LogP contribution in [0.4, 0.5) is 5.69 Å². The van der Waals surface area contributed by atoms with Crippen LogP contribution in [0.2, 0.25) is 0 Å². The van der Waals surface area contributed by atoms with Crippen LogP contribution >= 0.6 is 25.3 Å². The highest BCUT2D eigenvalue weighted by molar-refractivity contribution is 7.81. The Morgan fingerprint density at radius 2 is 1.69 bits per heavy atom. The summed E-state index contributed by atoms with van der Waals surface area (Å²) in [6.07, 6.45) is 5.25. The molecule has 0 saturated heterocycles. The molecule has 0 aliphatic carbocycles. The first kappa shape index (κ1) is 10.4. The minimum atomic E-state index is 0.652. The van der Waals surface area contributed by atoms with Crippen molar-refractivity contribution in [2.45, 2.75) is 0 Å². The van der Waals surface area contributed by atoms with Crippen LogP contribution < -0.4 is 4.90 Å². The molecule has 68 valence electrons. The molecule has 0 bridgehead atoms. The van der Waals surface area contributed by atoms with Crippen molar-refractivity contribution < 1.29 is 0 Å². The number of hydrogen-bond donors (Lipinski definition) is 2. The summed E-state index contributed by atoms with van der Waals surface area (Å²) in [5.41, 5.74) is 1.98. The Hall–Kier alpha value is -0.720. The second-order valence-electron chi connectivity index (χ2n) is 2.51. The maximum atomic E-state index is 5.25. The average molecular weight is 209 g/mol. The molecule has 3 heteroatoms. The van der Waals surface area contributed by atoms with Crippen molar-refractivity contribution in [1.29, 1.82) is 0 Å². The van der Waals surface area contributed by atoms with E-state index in [0.29, 0.717) is 11.8 Å². The summed E-state index contributed by atoms with van der Waals surface area (Å²) < 4.78 is 0. The lowest BCUT2D eigenvalue weighted by Crippen LogP contribution is -2.18. The Balaban J connectivity index is 2.85. The minimum Gasteiger partial charge on any atom is -0.354 e. The van der Waals surface area contributed by atoms with Gasteiger partial charge in [0.15, 0.2) is 0 Å². The monoisotopic (exact) mass is 209 g/mol. The van der Waals surface area contributed by atoms with Crippen molar-refractivity contribution in [1.82, 2.24) is 0 Å². The fourth-order valence-electron chi connectivity index (χ4n) is 0.976. The van der Waals surface area contributed by atoms with Gasteiger partial charge in [-0.05, 0) is 24.3 Å². The van der Waals surface area contributed by atoms with Crippen molar-refractivity contribution in [3.63, 3.8) is 0 Å². The molecule has 0 N–H and O–H groups in total. The summed E-state index contributed by atoms with van der Waals surface area (Å²) >= 11 is 8.39. The molecule has 0 fully saturated rings. The van der Waals surface area contributed by atoms with Crippen LogP contribution in [-0.4, -0.2) is 11.8 Å². The van der Waals surface area contributed by atoms with Gasteiger partial charge in [-0.1, -0.05) is 5.92 Å². The van der Waals surface area contributed by atoms with Crippen LogP contribution in [0.25, 0.3) is 0 Å². The Kier molecular flexibility index (Phi) is 4.07. The molecule has 0 saturated carbocycles. The third kappa shape index (κ3) is 2.61. The molecular weight excluding hydrogens is 198 g/mol. The molecule has 0 amide bonds. The van der Waals surface area contributed by atoms with E-state index in [2.05, 4.69) is 31.2 Å². The number of terminal acetylenes is 1. The summed E-state index contributed by atoms with van der Waals surface area (Å²) in [7, 11) is 0. The van der Waals surface area contributed by atoms with Crippen molar-refractivity contribution in [2.75, 3.05) is 16.7 Å². The number of thiol groups is 2. The van der Waals surface area contributed by atoms with Crippen LogP contribution in [0.1, 0.15) is 5.56 Å². The van der Waals surface area contributed by atoms with Crippen LogP contribution in [0.5, 0.6) is 0 Å². The Bertz CT molecular complexity index is 296. The molecule has 0 unspecified atom stereocenters. The van der Waals surface area contributed by atoms with Crippen molar-refractivity contribution in [3.8, 4) is 12.3 Å². The maximum Gasteiger partial charge on any atom is 0.0618 e. The molecule has 13 heavy (non-hydrogen) atoms. The normalized spacial score (nSPS) is 9.31. The molecule has 0 atom stereocenters. The number of benzene rings is 1. The van der Waals surface area contributed by atoms with E-state index in [0.717, 1.165) is 11.3 Å². The zero-order valence-electron chi connectivity index (χ0n) is 7.14. The average Bonchev–Trinajstić information content (AvgIpc) is 2.21. The molecule has 0 aliphatic rings. The lowest BCUT2D eigenvalue weighted by molar-refractivity contribution is 1.07. The van der Waals surface area contributed by atoms with Crippen molar-refractivity contribution in [3.05, 3.63) is 29.8 Å². The highest BCUT2D eigenvalue weighted by Crippen LogP contribution is 2.15. The summed E-state index contributed by atoms with van der Waals surface area (Å²) in [4.78, 5) is 2.02. The molecule has 1 aromatic carbocycles. The molecule has 0 spiro atoms. The number of anilines is 1. The Morgan fingerprint density at radius 3 is 2.08 bits per heavy atom. The number of nitrogens with zero attached hydrogens (tertiary/aromatic N) is 1. The van der Waals surface area contributed by atoms with Gasteiger partial charge in [-0.2, -0.15) is 25.3 Å². The Labute approximate surface area is 90.0 Å². The predicted octanol–water partition coefficient (Wildman–Crippen LogP) is 2.25. The van der Waals surface area contributed by atoms with E-state index in [1.165, 1.54) is 0 Å². The van der Waals surface area contributed by atoms with E-state index in [-0.39, 0.29) is 0 Å². The molecule has 1 rings (SSSR count). The zero-order chi connectivity index (χ0) is 9.68. The van der Waals surface area contributed by atoms with Crippen LogP contribution in [0.15, 0.2) is 24.3 Å². The maximum absolute atomic E-state index is 5.25. The van der Waals surface area contributed by atoms with Gasteiger partial charge < -0.3 is 4.90 Å². The third-order valence-corrected chi connectivity index (χ3v) is 2.42. The Morgan fingerprint density at radius 1 is 1.15 bits per heavy atom. The summed E-state index contributed by atoms with van der Waals surface area (Å²) in [5.74, 6) is 3.88. The van der Waals surface area contributed by atoms with E-state index in [9.17, 15) is 0 Å². The molecule has 1 aromatic rings. The van der Waals surface area contributed by atoms with E-state index >= 15 is 0 Å². The first-order valence-corrected chi connectivity index (χ1v) is 5.11. The fourth-order valence-corrected chi connectivity index (χ4v) is 1.66. The van der Waals surface area contributed by atoms with E-state index < -0.39 is 0 Å². The second kappa shape index (κ2) is 5.11. The fraction of sp³-hybridized carbons (Fsp3) is 0.200. The predicted molar refractivity (Wildman–Crippen MR) is 64.6 cm³/mol. The van der Waals surface area contributed by atoms with Crippen molar-refractivity contribution in [2.24, 2.45) is 0 Å². The first-order valence-electron chi connectivity index (χ1n) is 3.85. The zero-order valence-corrected chi connectivity index (χ0v) is 8.93. The van der Waals surface area contributed by atoms with Crippen LogP contribution in [-0.2, 0) is 0 Å². The third-order valence-electron chi connectivity index (χ3n) is 1.74. The molecule has 0 heterocycles. The largest absolute Gasteiger partial charge is 0.354 e. The standard InChI is InChI=1S/C10H11NS2/c1-2-9-3-5-10(6-4-9)11(7-12)8-13/h1,3-6,12-13H,7-8H2. The highest BCUT2D eigenvalue weighted by atomic mass is 32.1. The van der Waals surface area contributed by atoms with Gasteiger partial charge in [-0.25, -0.2) is 0 Å². The topological polar surface area (TPSA) is 3.24 Å². The van der Waals surface area contributed by atoms with Gasteiger partial charge in [0, 0.05) is 11.3 Å².